The first-order valence-electron chi connectivity index (χ1n) is 13.5. The normalized spacial score (nSPS) is 17.3. The molecule has 1 fully saturated rings. The van der Waals surface area contributed by atoms with E-state index in [1.54, 1.807) is 14.2 Å². The van der Waals surface area contributed by atoms with Crippen molar-refractivity contribution in [2.75, 3.05) is 40.5 Å². The van der Waals surface area contributed by atoms with E-state index < -0.39 is 0 Å². The van der Waals surface area contributed by atoms with Crippen LogP contribution in [0, 0.1) is 0 Å². The molecule has 0 radical (unpaired) electrons. The van der Waals surface area contributed by atoms with Gasteiger partial charge in [-0.05, 0) is 61.7 Å². The Morgan fingerprint density at radius 1 is 0.947 bits per heavy atom. The fourth-order valence-electron chi connectivity index (χ4n) is 5.33. The molecule has 0 bridgehead atoms. The topological polar surface area (TPSA) is 60.0 Å². The lowest BCUT2D eigenvalue weighted by molar-refractivity contribution is 0.0537. The Labute approximate surface area is 226 Å². The molecular formula is C32H40N2O4. The first kappa shape index (κ1) is 27.7. The minimum atomic E-state index is 0.00214. The second-order valence-corrected chi connectivity index (χ2v) is 10.0. The maximum atomic E-state index is 14.1. The van der Waals surface area contributed by atoms with Crippen LogP contribution >= 0.6 is 0 Å². The Balaban J connectivity index is 1.62. The number of methoxy groups -OCH3 is 2. The number of nitrogens with one attached hydrogen (secondary N) is 1. The van der Waals surface area contributed by atoms with Crippen molar-refractivity contribution in [3.63, 3.8) is 0 Å². The first-order chi connectivity index (χ1) is 18.5. The standard InChI is InChI=1S/C32H40N2O4/c1-23(2)34(32(35)27-14-15-30(37-4)31(21-27)38-19-9-18-36-3)29-22-33-17-16-28(29)26-13-8-12-25(20-26)24-10-6-5-7-11-24/h5-8,10-15,20-21,23,28-29,33H,9,16-19,22H2,1-4H3/t28-,29+/m1/s1. The van der Waals surface area contributed by atoms with Gasteiger partial charge in [0.1, 0.15) is 0 Å². The molecule has 1 saturated heterocycles. The summed E-state index contributed by atoms with van der Waals surface area (Å²) < 4.78 is 16.6. The van der Waals surface area contributed by atoms with Gasteiger partial charge < -0.3 is 24.4 Å². The maximum Gasteiger partial charge on any atom is 0.254 e. The molecule has 0 aromatic heterocycles. The van der Waals surface area contributed by atoms with Crippen molar-refractivity contribution in [1.29, 1.82) is 0 Å². The third-order valence-corrected chi connectivity index (χ3v) is 7.18. The van der Waals surface area contributed by atoms with Gasteiger partial charge in [0.2, 0.25) is 0 Å². The molecule has 0 aliphatic carbocycles. The molecule has 1 aliphatic heterocycles. The van der Waals surface area contributed by atoms with Crippen molar-refractivity contribution in [3.8, 4) is 22.6 Å². The summed E-state index contributed by atoms with van der Waals surface area (Å²) in [6.07, 6.45) is 1.73. The number of nitrogens with zero attached hydrogens (tertiary/aromatic N) is 1. The van der Waals surface area contributed by atoms with E-state index >= 15 is 0 Å². The van der Waals surface area contributed by atoms with Gasteiger partial charge in [-0.3, -0.25) is 4.79 Å². The van der Waals surface area contributed by atoms with E-state index in [0.717, 1.165) is 25.9 Å². The summed E-state index contributed by atoms with van der Waals surface area (Å²) in [5.74, 6) is 1.42. The third kappa shape index (κ3) is 6.55. The summed E-state index contributed by atoms with van der Waals surface area (Å²) in [5, 5.41) is 3.54. The SMILES string of the molecule is COCCCOc1cc(C(=O)N(C(C)C)[C@H]2CNCC[C@@H]2c2cccc(-c3ccccc3)c2)ccc1OC. The lowest BCUT2D eigenvalue weighted by Crippen LogP contribution is -2.55. The van der Waals surface area contributed by atoms with Gasteiger partial charge in [0.25, 0.3) is 5.91 Å². The fraction of sp³-hybridized carbons (Fsp3) is 0.406. The van der Waals surface area contributed by atoms with Gasteiger partial charge in [-0.25, -0.2) is 0 Å². The van der Waals surface area contributed by atoms with Crippen molar-refractivity contribution in [1.82, 2.24) is 10.2 Å². The summed E-state index contributed by atoms with van der Waals surface area (Å²) in [7, 11) is 3.28. The Bertz CT molecular complexity index is 1180. The molecule has 6 heteroatoms. The van der Waals surface area contributed by atoms with E-state index in [0.29, 0.717) is 30.3 Å². The van der Waals surface area contributed by atoms with Crippen LogP contribution in [0.5, 0.6) is 11.5 Å². The van der Waals surface area contributed by atoms with E-state index in [1.807, 2.05) is 29.2 Å². The van der Waals surface area contributed by atoms with E-state index in [2.05, 4.69) is 67.7 Å². The van der Waals surface area contributed by atoms with Crippen molar-refractivity contribution in [2.45, 2.75) is 44.7 Å². The zero-order valence-electron chi connectivity index (χ0n) is 23.0. The average molecular weight is 517 g/mol. The highest BCUT2D eigenvalue weighted by Gasteiger charge is 2.36. The molecule has 3 aromatic carbocycles. The Kier molecular flexibility index (Phi) is 9.79. The lowest BCUT2D eigenvalue weighted by Gasteiger charge is -2.43. The number of piperidine rings is 1. The molecule has 2 atom stereocenters. The van der Waals surface area contributed by atoms with Crippen LogP contribution < -0.4 is 14.8 Å². The highest BCUT2D eigenvalue weighted by atomic mass is 16.5. The molecular weight excluding hydrogens is 476 g/mol. The molecule has 1 N–H and O–H groups in total. The molecule has 6 nitrogen and oxygen atoms in total. The fourth-order valence-corrected chi connectivity index (χ4v) is 5.33. The molecule has 202 valence electrons. The van der Waals surface area contributed by atoms with Crippen LogP contribution in [0.15, 0.2) is 72.8 Å². The van der Waals surface area contributed by atoms with E-state index in [1.165, 1.54) is 16.7 Å². The van der Waals surface area contributed by atoms with Crippen molar-refractivity contribution < 1.29 is 19.0 Å². The van der Waals surface area contributed by atoms with Crippen molar-refractivity contribution in [2.24, 2.45) is 0 Å². The summed E-state index contributed by atoms with van der Waals surface area (Å²) in [6, 6.07) is 24.8. The predicted octanol–water partition coefficient (Wildman–Crippen LogP) is 5.77. The number of hydrogen-bond donors (Lipinski definition) is 1. The predicted molar refractivity (Wildman–Crippen MR) is 152 cm³/mol. The second kappa shape index (κ2) is 13.4. The minimum absolute atomic E-state index is 0.00214. The van der Waals surface area contributed by atoms with Crippen molar-refractivity contribution in [3.05, 3.63) is 83.9 Å². The van der Waals surface area contributed by atoms with Crippen LogP contribution in [0.4, 0.5) is 0 Å². The molecule has 1 heterocycles. The van der Waals surface area contributed by atoms with Crippen LogP contribution in [-0.4, -0.2) is 63.4 Å². The van der Waals surface area contributed by atoms with Crippen LogP contribution in [0.2, 0.25) is 0 Å². The summed E-state index contributed by atoms with van der Waals surface area (Å²) >= 11 is 0. The second-order valence-electron chi connectivity index (χ2n) is 10.0. The van der Waals surface area contributed by atoms with Crippen LogP contribution in [0.3, 0.4) is 0 Å². The molecule has 4 rings (SSSR count). The van der Waals surface area contributed by atoms with Crippen LogP contribution in [0.1, 0.15) is 48.5 Å². The monoisotopic (exact) mass is 516 g/mol. The van der Waals surface area contributed by atoms with E-state index in [4.69, 9.17) is 14.2 Å². The summed E-state index contributed by atoms with van der Waals surface area (Å²) in [5.41, 5.74) is 4.28. The zero-order chi connectivity index (χ0) is 26.9. The highest BCUT2D eigenvalue weighted by molar-refractivity contribution is 5.95. The number of benzene rings is 3. The lowest BCUT2D eigenvalue weighted by atomic mass is 9.83. The van der Waals surface area contributed by atoms with Gasteiger partial charge in [-0.15, -0.1) is 0 Å². The van der Waals surface area contributed by atoms with Crippen LogP contribution in [0.25, 0.3) is 11.1 Å². The number of amides is 1. The maximum absolute atomic E-state index is 14.1. The van der Waals surface area contributed by atoms with Gasteiger partial charge in [0.05, 0.1) is 19.8 Å². The molecule has 3 aromatic rings. The van der Waals surface area contributed by atoms with Gasteiger partial charge in [0.15, 0.2) is 11.5 Å². The number of carbonyl (C=O) groups excluding carboxylic acids is 1. The van der Waals surface area contributed by atoms with E-state index in [9.17, 15) is 4.79 Å². The van der Waals surface area contributed by atoms with Gasteiger partial charge >= 0.3 is 0 Å². The molecule has 38 heavy (non-hydrogen) atoms. The molecule has 1 aliphatic rings. The first-order valence-corrected chi connectivity index (χ1v) is 13.5. The van der Waals surface area contributed by atoms with Gasteiger partial charge in [-0.2, -0.15) is 0 Å². The number of ether oxygens (including phenoxy) is 3. The minimum Gasteiger partial charge on any atom is -0.493 e. The number of carbonyl (C=O) groups is 1. The van der Waals surface area contributed by atoms with Gasteiger partial charge in [0, 0.05) is 44.2 Å². The summed E-state index contributed by atoms with van der Waals surface area (Å²) in [4.78, 5) is 16.1. The molecule has 0 spiro atoms. The van der Waals surface area contributed by atoms with E-state index in [-0.39, 0.29) is 23.9 Å². The average Bonchev–Trinajstić information content (AvgIpc) is 2.96. The molecule has 0 saturated carbocycles. The van der Waals surface area contributed by atoms with Crippen LogP contribution in [-0.2, 0) is 4.74 Å². The summed E-state index contributed by atoms with van der Waals surface area (Å²) in [6.45, 7) is 6.97. The number of rotatable bonds is 11. The Morgan fingerprint density at radius 3 is 2.47 bits per heavy atom. The van der Waals surface area contributed by atoms with Gasteiger partial charge in [-0.1, -0.05) is 54.6 Å². The third-order valence-electron chi connectivity index (χ3n) is 7.18. The Morgan fingerprint density at radius 2 is 1.74 bits per heavy atom. The number of hydrogen-bond acceptors (Lipinski definition) is 5. The smallest absolute Gasteiger partial charge is 0.254 e. The van der Waals surface area contributed by atoms with Crippen molar-refractivity contribution >= 4 is 5.91 Å². The highest BCUT2D eigenvalue weighted by Crippen LogP contribution is 2.35. The molecule has 0 unspecified atom stereocenters. The zero-order valence-corrected chi connectivity index (χ0v) is 23.0. The largest absolute Gasteiger partial charge is 0.493 e. The molecule has 1 amide bonds. The Hall–Kier alpha value is -3.35. The quantitative estimate of drug-likeness (QED) is 0.328.